The van der Waals surface area contributed by atoms with Gasteiger partial charge in [0.05, 0.1) is 20.3 Å². The molecule has 0 heterocycles. The molecule has 108 valence electrons. The molecule has 0 spiro atoms. The zero-order valence-electron chi connectivity index (χ0n) is 11.7. The van der Waals surface area contributed by atoms with Gasteiger partial charge in [-0.25, -0.2) is 0 Å². The molecule has 0 radical (unpaired) electrons. The lowest BCUT2D eigenvalue weighted by atomic mass is 10.3. The standard InChI is InChI=1S/C14H23NO4/c1-17-11-8-15(7-10-16)9-12-19-14-6-4-3-5-13(14)18-2/h3-6,16H,7-12H2,1-2H3. The summed E-state index contributed by atoms with van der Waals surface area (Å²) in [5.41, 5.74) is 0. The number of hydrogen-bond acceptors (Lipinski definition) is 5. The number of aliphatic hydroxyl groups excluding tert-OH is 1. The predicted molar refractivity (Wildman–Crippen MR) is 73.9 cm³/mol. The maximum Gasteiger partial charge on any atom is 0.161 e. The van der Waals surface area contributed by atoms with E-state index in [0.717, 1.165) is 24.6 Å². The average molecular weight is 269 g/mol. The number of aliphatic hydroxyl groups is 1. The molecule has 0 saturated heterocycles. The zero-order chi connectivity index (χ0) is 13.9. The van der Waals surface area contributed by atoms with Crippen molar-refractivity contribution < 1.29 is 19.3 Å². The molecule has 0 saturated carbocycles. The van der Waals surface area contributed by atoms with Gasteiger partial charge >= 0.3 is 0 Å². The van der Waals surface area contributed by atoms with Crippen molar-refractivity contribution in [3.05, 3.63) is 24.3 Å². The van der Waals surface area contributed by atoms with Gasteiger partial charge < -0.3 is 19.3 Å². The number of hydrogen-bond donors (Lipinski definition) is 1. The molecule has 0 fully saturated rings. The van der Waals surface area contributed by atoms with E-state index in [-0.39, 0.29) is 6.61 Å². The molecule has 0 aliphatic carbocycles. The smallest absolute Gasteiger partial charge is 0.161 e. The van der Waals surface area contributed by atoms with Gasteiger partial charge in [0.1, 0.15) is 6.61 Å². The summed E-state index contributed by atoms with van der Waals surface area (Å²) in [6, 6.07) is 7.56. The van der Waals surface area contributed by atoms with E-state index in [0.29, 0.717) is 19.8 Å². The van der Waals surface area contributed by atoms with Crippen LogP contribution in [0.25, 0.3) is 0 Å². The van der Waals surface area contributed by atoms with E-state index < -0.39 is 0 Å². The van der Waals surface area contributed by atoms with Gasteiger partial charge in [0.15, 0.2) is 11.5 Å². The Kier molecular flexibility index (Phi) is 7.97. The molecule has 0 atom stereocenters. The highest BCUT2D eigenvalue weighted by molar-refractivity contribution is 5.39. The third-order valence-electron chi connectivity index (χ3n) is 2.76. The second kappa shape index (κ2) is 9.61. The Morgan fingerprint density at radius 1 is 1.00 bits per heavy atom. The van der Waals surface area contributed by atoms with Gasteiger partial charge in [-0.2, -0.15) is 0 Å². The van der Waals surface area contributed by atoms with Crippen LogP contribution in [-0.2, 0) is 4.74 Å². The van der Waals surface area contributed by atoms with Crippen molar-refractivity contribution in [1.82, 2.24) is 4.90 Å². The topological polar surface area (TPSA) is 51.2 Å². The summed E-state index contributed by atoms with van der Waals surface area (Å²) in [6.07, 6.45) is 0. The minimum Gasteiger partial charge on any atom is -0.493 e. The fourth-order valence-electron chi connectivity index (χ4n) is 1.72. The van der Waals surface area contributed by atoms with E-state index in [1.54, 1.807) is 14.2 Å². The molecule has 0 aliphatic heterocycles. The summed E-state index contributed by atoms with van der Waals surface area (Å²) in [5.74, 6) is 1.47. The van der Waals surface area contributed by atoms with E-state index in [9.17, 15) is 0 Å². The van der Waals surface area contributed by atoms with Gasteiger partial charge in [-0.05, 0) is 12.1 Å². The highest BCUT2D eigenvalue weighted by atomic mass is 16.5. The summed E-state index contributed by atoms with van der Waals surface area (Å²) in [4.78, 5) is 2.10. The highest BCUT2D eigenvalue weighted by Gasteiger charge is 2.06. The molecule has 1 aromatic carbocycles. The van der Waals surface area contributed by atoms with Crippen molar-refractivity contribution in [2.24, 2.45) is 0 Å². The van der Waals surface area contributed by atoms with Crippen LogP contribution in [0.1, 0.15) is 0 Å². The number of methoxy groups -OCH3 is 2. The molecular weight excluding hydrogens is 246 g/mol. The second-order valence-corrected chi connectivity index (χ2v) is 4.06. The normalized spacial score (nSPS) is 10.7. The molecule has 0 aliphatic rings. The fourth-order valence-corrected chi connectivity index (χ4v) is 1.72. The molecule has 0 aromatic heterocycles. The van der Waals surface area contributed by atoms with Crippen molar-refractivity contribution >= 4 is 0 Å². The first kappa shape index (κ1) is 15.8. The lowest BCUT2D eigenvalue weighted by Crippen LogP contribution is -2.33. The van der Waals surface area contributed by atoms with E-state index in [1.165, 1.54) is 0 Å². The highest BCUT2D eigenvalue weighted by Crippen LogP contribution is 2.25. The first-order valence-corrected chi connectivity index (χ1v) is 6.39. The van der Waals surface area contributed by atoms with Gasteiger partial charge in [-0.3, -0.25) is 4.90 Å². The molecule has 0 amide bonds. The fraction of sp³-hybridized carbons (Fsp3) is 0.571. The minimum absolute atomic E-state index is 0.137. The van der Waals surface area contributed by atoms with Crippen LogP contribution >= 0.6 is 0 Å². The molecule has 5 nitrogen and oxygen atoms in total. The van der Waals surface area contributed by atoms with Crippen LogP contribution in [0.15, 0.2) is 24.3 Å². The summed E-state index contributed by atoms with van der Waals surface area (Å²) in [7, 11) is 3.29. The zero-order valence-corrected chi connectivity index (χ0v) is 11.7. The van der Waals surface area contributed by atoms with Gasteiger partial charge in [0.2, 0.25) is 0 Å². The molecule has 0 unspecified atom stereocenters. The molecule has 1 aromatic rings. The van der Waals surface area contributed by atoms with Crippen LogP contribution in [0.4, 0.5) is 0 Å². The molecule has 19 heavy (non-hydrogen) atoms. The Labute approximate surface area is 114 Å². The maximum absolute atomic E-state index is 8.99. The Balaban J connectivity index is 2.38. The van der Waals surface area contributed by atoms with Crippen molar-refractivity contribution in [1.29, 1.82) is 0 Å². The minimum atomic E-state index is 0.137. The summed E-state index contributed by atoms with van der Waals surface area (Å²) in [6.45, 7) is 3.48. The lowest BCUT2D eigenvalue weighted by Gasteiger charge is -2.21. The van der Waals surface area contributed by atoms with Crippen LogP contribution < -0.4 is 9.47 Å². The third kappa shape index (κ3) is 5.92. The van der Waals surface area contributed by atoms with E-state index in [4.69, 9.17) is 19.3 Å². The number of ether oxygens (including phenoxy) is 3. The van der Waals surface area contributed by atoms with Crippen molar-refractivity contribution in [3.8, 4) is 11.5 Å². The first-order chi connectivity index (χ1) is 9.31. The third-order valence-corrected chi connectivity index (χ3v) is 2.76. The van der Waals surface area contributed by atoms with Gasteiger partial charge in [0.25, 0.3) is 0 Å². The van der Waals surface area contributed by atoms with Gasteiger partial charge in [-0.15, -0.1) is 0 Å². The van der Waals surface area contributed by atoms with Crippen LogP contribution in [0.2, 0.25) is 0 Å². The van der Waals surface area contributed by atoms with Crippen LogP contribution in [0.3, 0.4) is 0 Å². The van der Waals surface area contributed by atoms with Crippen LogP contribution in [0, 0.1) is 0 Å². The predicted octanol–water partition coefficient (Wildman–Crippen LogP) is 1.01. The van der Waals surface area contributed by atoms with Crippen LogP contribution in [0.5, 0.6) is 11.5 Å². The quantitative estimate of drug-likeness (QED) is 0.687. The van der Waals surface area contributed by atoms with Crippen LogP contribution in [-0.4, -0.2) is 63.7 Å². The Morgan fingerprint density at radius 3 is 2.32 bits per heavy atom. The van der Waals surface area contributed by atoms with E-state index >= 15 is 0 Å². The summed E-state index contributed by atoms with van der Waals surface area (Å²) in [5, 5.41) is 8.99. The van der Waals surface area contributed by atoms with E-state index in [1.807, 2.05) is 24.3 Å². The monoisotopic (exact) mass is 269 g/mol. The van der Waals surface area contributed by atoms with Crippen molar-refractivity contribution in [3.63, 3.8) is 0 Å². The molecule has 5 heteroatoms. The average Bonchev–Trinajstić information content (AvgIpc) is 2.45. The maximum atomic E-state index is 8.99. The largest absolute Gasteiger partial charge is 0.493 e. The van der Waals surface area contributed by atoms with Gasteiger partial charge in [-0.1, -0.05) is 12.1 Å². The summed E-state index contributed by atoms with van der Waals surface area (Å²) >= 11 is 0. The number of nitrogens with zero attached hydrogens (tertiary/aromatic N) is 1. The van der Waals surface area contributed by atoms with Crippen molar-refractivity contribution in [2.75, 3.05) is 53.7 Å². The summed E-state index contributed by atoms with van der Waals surface area (Å²) < 4.78 is 15.9. The SMILES string of the molecule is COCCN(CCO)CCOc1ccccc1OC. The second-order valence-electron chi connectivity index (χ2n) is 4.06. The Bertz CT molecular complexity index is 346. The Hall–Kier alpha value is -1.30. The lowest BCUT2D eigenvalue weighted by molar-refractivity contribution is 0.118. The van der Waals surface area contributed by atoms with Crippen molar-refractivity contribution in [2.45, 2.75) is 0 Å². The number of benzene rings is 1. The molecule has 0 bridgehead atoms. The first-order valence-electron chi connectivity index (χ1n) is 6.39. The molecule has 1 rings (SSSR count). The van der Waals surface area contributed by atoms with E-state index in [2.05, 4.69) is 4.90 Å². The van der Waals surface area contributed by atoms with Gasteiger partial charge in [0, 0.05) is 26.7 Å². The number of para-hydroxylation sites is 2. The number of rotatable bonds is 10. The molecule has 1 N–H and O–H groups in total. The Morgan fingerprint density at radius 2 is 1.68 bits per heavy atom. The molecular formula is C14H23NO4.